The number of rotatable bonds is 4. The molecule has 0 aliphatic carbocycles. The molecular weight excluding hydrogens is 613 g/mol. The molecule has 0 saturated heterocycles. The number of furan rings is 1. The van der Waals surface area contributed by atoms with Gasteiger partial charge in [0.05, 0.1) is 11.4 Å². The van der Waals surface area contributed by atoms with Crippen molar-refractivity contribution in [3.8, 4) is 56.6 Å². The van der Waals surface area contributed by atoms with Crippen molar-refractivity contribution in [2.24, 2.45) is 0 Å². The number of hydrogen-bond acceptors (Lipinski definition) is 5. The van der Waals surface area contributed by atoms with Crippen molar-refractivity contribution >= 4 is 38.8 Å². The van der Waals surface area contributed by atoms with Gasteiger partial charge in [-0.2, -0.15) is 0 Å². The van der Waals surface area contributed by atoms with Gasteiger partial charge in [-0.25, -0.2) is 15.0 Å². The predicted octanol–water partition coefficient (Wildman–Crippen LogP) is 11.9. The van der Waals surface area contributed by atoms with E-state index in [0.717, 1.165) is 77.9 Å². The van der Waals surface area contributed by atoms with Crippen LogP contribution in [0.1, 0.15) is 0 Å². The highest BCUT2D eigenvalue weighted by molar-refractivity contribution is 6.15. The summed E-state index contributed by atoms with van der Waals surface area (Å²) in [6.07, 6.45) is 0. The Hall–Kier alpha value is -6.85. The molecule has 0 bridgehead atoms. The highest BCUT2D eigenvalue weighted by Gasteiger charge is 2.31. The van der Waals surface area contributed by atoms with Gasteiger partial charge in [0.2, 0.25) is 0 Å². The Morgan fingerprint density at radius 3 is 1.78 bits per heavy atom. The highest BCUT2D eigenvalue weighted by atomic mass is 16.3. The predicted molar refractivity (Wildman–Crippen MR) is 203 cm³/mol. The zero-order valence-electron chi connectivity index (χ0n) is 26.9. The summed E-state index contributed by atoms with van der Waals surface area (Å²) in [5, 5.41) is 3.39. The summed E-state index contributed by atoms with van der Waals surface area (Å²) in [6.45, 7) is 0. The first-order chi connectivity index (χ1) is 24.8. The second kappa shape index (κ2) is 11.4. The summed E-state index contributed by atoms with van der Waals surface area (Å²) < 4.78 is 6.80. The maximum absolute atomic E-state index is 6.80. The van der Waals surface area contributed by atoms with E-state index in [1.165, 1.54) is 0 Å². The van der Waals surface area contributed by atoms with Crippen LogP contribution in [0.25, 0.3) is 78.4 Å². The molecule has 0 atom stereocenters. The molecule has 2 aromatic heterocycles. The van der Waals surface area contributed by atoms with E-state index in [-0.39, 0.29) is 0 Å². The van der Waals surface area contributed by atoms with Crippen molar-refractivity contribution in [2.75, 3.05) is 4.90 Å². The zero-order chi connectivity index (χ0) is 33.0. The monoisotopic (exact) mass is 640 g/mol. The van der Waals surface area contributed by atoms with Crippen molar-refractivity contribution in [1.82, 2.24) is 15.0 Å². The van der Waals surface area contributed by atoms with Gasteiger partial charge in [-0.3, -0.25) is 0 Å². The largest absolute Gasteiger partial charge is 0.455 e. The Bertz CT molecular complexity index is 2660. The van der Waals surface area contributed by atoms with Gasteiger partial charge in [-0.05, 0) is 41.1 Å². The normalized spacial score (nSPS) is 12.0. The Morgan fingerprint density at radius 2 is 1.02 bits per heavy atom. The molecule has 5 nitrogen and oxygen atoms in total. The van der Waals surface area contributed by atoms with E-state index in [1.54, 1.807) is 0 Å². The molecule has 0 amide bonds. The van der Waals surface area contributed by atoms with E-state index in [1.807, 2.05) is 66.7 Å². The Kier molecular flexibility index (Phi) is 6.42. The highest BCUT2D eigenvalue weighted by Crippen LogP contribution is 2.55. The van der Waals surface area contributed by atoms with Crippen LogP contribution < -0.4 is 4.90 Å². The quantitative estimate of drug-likeness (QED) is 0.192. The first-order valence-electron chi connectivity index (χ1n) is 16.7. The second-order valence-corrected chi connectivity index (χ2v) is 12.4. The molecule has 0 unspecified atom stereocenters. The SMILES string of the molecule is c1ccc(-c2nc(-c3ccccc3)nc(-c3cccc(N4c5ccccc5-c5c(oc6ccccc56)-c5c4ccc4ccccc54)c3)n2)cc1. The standard InChI is InChI=1S/C45H28N4O/c1-3-15-30(16-4-1)43-46-44(31-17-5-2-6-18-31)48-45(47-43)32-19-13-20-33(28-32)49-37-24-11-9-22-35(37)40-36-23-10-12-25-39(36)50-42(40)41-34-21-8-7-14-29(34)26-27-38(41)49/h1-28H. The molecule has 9 aromatic rings. The van der Waals surface area contributed by atoms with Crippen molar-refractivity contribution < 1.29 is 4.42 Å². The Labute approximate surface area is 288 Å². The van der Waals surface area contributed by atoms with E-state index in [4.69, 9.17) is 19.4 Å². The summed E-state index contributed by atoms with van der Waals surface area (Å²) in [7, 11) is 0. The summed E-state index contributed by atoms with van der Waals surface area (Å²) in [5.74, 6) is 2.75. The maximum atomic E-state index is 6.80. The number of anilines is 3. The van der Waals surface area contributed by atoms with Crippen LogP contribution in [0.2, 0.25) is 0 Å². The third-order valence-electron chi connectivity index (χ3n) is 9.45. The van der Waals surface area contributed by atoms with E-state index >= 15 is 0 Å². The van der Waals surface area contributed by atoms with Gasteiger partial charge in [0.15, 0.2) is 17.5 Å². The lowest BCUT2D eigenvalue weighted by Gasteiger charge is -2.28. The molecule has 0 spiro atoms. The van der Waals surface area contributed by atoms with Crippen LogP contribution in [0.3, 0.4) is 0 Å². The van der Waals surface area contributed by atoms with Gasteiger partial charge in [-0.1, -0.05) is 140 Å². The summed E-state index contributed by atoms with van der Waals surface area (Å²) in [4.78, 5) is 17.3. The third-order valence-corrected chi connectivity index (χ3v) is 9.45. The van der Waals surface area contributed by atoms with E-state index in [0.29, 0.717) is 17.5 Å². The smallest absolute Gasteiger partial charge is 0.164 e. The minimum atomic E-state index is 0.610. The molecule has 0 saturated carbocycles. The summed E-state index contributed by atoms with van der Waals surface area (Å²) in [5.41, 5.74) is 10.0. The van der Waals surface area contributed by atoms with Gasteiger partial charge in [0, 0.05) is 44.5 Å². The molecular formula is C45H28N4O. The van der Waals surface area contributed by atoms with Crippen LogP contribution >= 0.6 is 0 Å². The van der Waals surface area contributed by atoms with Crippen LogP contribution in [0, 0.1) is 0 Å². The Balaban J connectivity index is 1.22. The van der Waals surface area contributed by atoms with Crippen LogP contribution in [0.4, 0.5) is 17.1 Å². The maximum Gasteiger partial charge on any atom is 0.164 e. The van der Waals surface area contributed by atoms with E-state index in [2.05, 4.69) is 108 Å². The van der Waals surface area contributed by atoms with Crippen LogP contribution in [-0.4, -0.2) is 15.0 Å². The van der Waals surface area contributed by atoms with Crippen LogP contribution in [0.5, 0.6) is 0 Å². The lowest BCUT2D eigenvalue weighted by molar-refractivity contribution is 0.633. The first-order valence-corrected chi connectivity index (χ1v) is 16.7. The lowest BCUT2D eigenvalue weighted by Crippen LogP contribution is -2.11. The number of nitrogens with zero attached hydrogens (tertiary/aromatic N) is 4. The van der Waals surface area contributed by atoms with Crippen molar-refractivity contribution in [1.29, 1.82) is 0 Å². The molecule has 0 N–H and O–H groups in total. The first kappa shape index (κ1) is 28.2. The number of fused-ring (bicyclic) bond motifs is 9. The van der Waals surface area contributed by atoms with Crippen LogP contribution in [0.15, 0.2) is 174 Å². The molecule has 5 heteroatoms. The summed E-state index contributed by atoms with van der Waals surface area (Å²) >= 11 is 0. The van der Waals surface area contributed by atoms with Gasteiger partial charge < -0.3 is 9.32 Å². The molecule has 1 aliphatic rings. The van der Waals surface area contributed by atoms with Gasteiger partial charge in [0.1, 0.15) is 11.3 Å². The molecule has 0 fully saturated rings. The molecule has 3 heterocycles. The van der Waals surface area contributed by atoms with Crippen molar-refractivity contribution in [3.05, 3.63) is 170 Å². The zero-order valence-corrected chi connectivity index (χ0v) is 26.9. The van der Waals surface area contributed by atoms with E-state index < -0.39 is 0 Å². The molecule has 50 heavy (non-hydrogen) atoms. The number of hydrogen-bond donors (Lipinski definition) is 0. The average Bonchev–Trinajstić information content (AvgIpc) is 3.52. The van der Waals surface area contributed by atoms with Gasteiger partial charge >= 0.3 is 0 Å². The van der Waals surface area contributed by atoms with Gasteiger partial charge in [0.25, 0.3) is 0 Å². The number of aromatic nitrogens is 3. The lowest BCUT2D eigenvalue weighted by atomic mass is 9.95. The average molecular weight is 641 g/mol. The fourth-order valence-corrected chi connectivity index (χ4v) is 7.18. The number of benzene rings is 7. The molecule has 1 aliphatic heterocycles. The molecule has 10 rings (SSSR count). The number of para-hydroxylation sites is 2. The second-order valence-electron chi connectivity index (χ2n) is 12.4. The van der Waals surface area contributed by atoms with Gasteiger partial charge in [-0.15, -0.1) is 0 Å². The topological polar surface area (TPSA) is 55.1 Å². The van der Waals surface area contributed by atoms with Crippen LogP contribution in [-0.2, 0) is 0 Å². The summed E-state index contributed by atoms with van der Waals surface area (Å²) in [6, 6.07) is 58.6. The van der Waals surface area contributed by atoms with Crippen molar-refractivity contribution in [3.63, 3.8) is 0 Å². The Morgan fingerprint density at radius 1 is 0.420 bits per heavy atom. The third kappa shape index (κ3) is 4.52. The fourth-order valence-electron chi connectivity index (χ4n) is 7.18. The van der Waals surface area contributed by atoms with Crippen molar-refractivity contribution in [2.45, 2.75) is 0 Å². The molecule has 7 aromatic carbocycles. The van der Waals surface area contributed by atoms with E-state index in [9.17, 15) is 0 Å². The minimum absolute atomic E-state index is 0.610. The minimum Gasteiger partial charge on any atom is -0.455 e. The molecule has 0 radical (unpaired) electrons. The molecule has 234 valence electrons. The fraction of sp³-hybridized carbons (Fsp3) is 0.